The third-order valence-electron chi connectivity index (χ3n) is 1.66. The number of carbonyl (C=O) groups excluding carboxylic acids is 1. The van der Waals surface area contributed by atoms with Crippen LogP contribution in [0.4, 0.5) is 0 Å². The van der Waals surface area contributed by atoms with Gasteiger partial charge in [0.2, 0.25) is 0 Å². The maximum absolute atomic E-state index is 11.6. The highest BCUT2D eigenvalue weighted by Gasteiger charge is 2.15. The van der Waals surface area contributed by atoms with Crippen molar-refractivity contribution in [1.29, 1.82) is 0 Å². The summed E-state index contributed by atoms with van der Waals surface area (Å²) < 4.78 is 0. The van der Waals surface area contributed by atoms with Crippen molar-refractivity contribution in [2.24, 2.45) is 0 Å². The van der Waals surface area contributed by atoms with Crippen LogP contribution in [0.3, 0.4) is 0 Å². The second-order valence-electron chi connectivity index (χ2n) is 2.62. The Morgan fingerprint density at radius 2 is 2.00 bits per heavy atom. The third-order valence-corrected chi connectivity index (χ3v) is 1.66. The summed E-state index contributed by atoms with van der Waals surface area (Å²) in [6, 6.07) is 3.41. The van der Waals surface area contributed by atoms with Gasteiger partial charge in [-0.15, -0.1) is 0 Å². The van der Waals surface area contributed by atoms with Gasteiger partial charge in [0.15, 0.2) is 0 Å². The minimum absolute atomic E-state index is 0.387. The van der Waals surface area contributed by atoms with Crippen LogP contribution in [0, 0.1) is 6.92 Å². The number of aromatic nitrogens is 1. The molecule has 5 nitrogen and oxygen atoms in total. The standard InChI is InChI=1S/C9H12N2O3/c1-7-4-5-8(6-10-7)9(12)11(13-2)14-3/h4-6H,1-3H3. The first-order valence-electron chi connectivity index (χ1n) is 4.04. The van der Waals surface area contributed by atoms with Gasteiger partial charge in [-0.2, -0.15) is 0 Å². The van der Waals surface area contributed by atoms with Crippen molar-refractivity contribution in [1.82, 2.24) is 10.2 Å². The van der Waals surface area contributed by atoms with Gasteiger partial charge in [0.1, 0.15) is 0 Å². The lowest BCUT2D eigenvalue weighted by molar-refractivity contribution is -0.299. The van der Waals surface area contributed by atoms with E-state index >= 15 is 0 Å². The molecule has 0 aliphatic rings. The number of aryl methyl sites for hydroxylation is 1. The van der Waals surface area contributed by atoms with Crippen molar-refractivity contribution in [3.05, 3.63) is 29.6 Å². The number of carbonyl (C=O) groups is 1. The zero-order valence-corrected chi connectivity index (χ0v) is 8.35. The monoisotopic (exact) mass is 196 g/mol. The minimum atomic E-state index is -0.387. The van der Waals surface area contributed by atoms with Crippen molar-refractivity contribution in [3.8, 4) is 0 Å². The highest BCUT2D eigenvalue weighted by molar-refractivity contribution is 5.92. The first kappa shape index (κ1) is 10.6. The summed E-state index contributed by atoms with van der Waals surface area (Å²) in [4.78, 5) is 24.9. The van der Waals surface area contributed by atoms with Crippen LogP contribution in [0.15, 0.2) is 18.3 Å². The Balaban J connectivity index is 2.83. The fourth-order valence-electron chi connectivity index (χ4n) is 0.940. The van der Waals surface area contributed by atoms with Crippen molar-refractivity contribution in [2.75, 3.05) is 14.2 Å². The summed E-state index contributed by atoms with van der Waals surface area (Å²) in [5.41, 5.74) is 1.27. The molecular weight excluding hydrogens is 184 g/mol. The molecule has 1 aromatic heterocycles. The molecular formula is C9H12N2O3. The molecule has 0 fully saturated rings. The molecule has 1 rings (SSSR count). The molecule has 0 unspecified atom stereocenters. The van der Waals surface area contributed by atoms with E-state index in [4.69, 9.17) is 0 Å². The van der Waals surface area contributed by atoms with Crippen LogP contribution >= 0.6 is 0 Å². The molecule has 76 valence electrons. The molecule has 0 bridgehead atoms. The summed E-state index contributed by atoms with van der Waals surface area (Å²) in [6.07, 6.45) is 1.47. The predicted octanol–water partition coefficient (Wildman–Crippen LogP) is 0.955. The molecule has 5 heteroatoms. The summed E-state index contributed by atoms with van der Waals surface area (Å²) in [6.45, 7) is 1.85. The number of nitrogens with zero attached hydrogens (tertiary/aromatic N) is 2. The number of amides is 1. The Morgan fingerprint density at radius 3 is 2.43 bits per heavy atom. The maximum atomic E-state index is 11.6. The van der Waals surface area contributed by atoms with E-state index in [2.05, 4.69) is 14.7 Å². The Kier molecular flexibility index (Phi) is 3.55. The van der Waals surface area contributed by atoms with Gasteiger partial charge in [0.05, 0.1) is 19.8 Å². The number of rotatable bonds is 3. The van der Waals surface area contributed by atoms with Gasteiger partial charge in [0.25, 0.3) is 0 Å². The second-order valence-corrected chi connectivity index (χ2v) is 2.62. The Morgan fingerprint density at radius 1 is 1.36 bits per heavy atom. The predicted molar refractivity (Wildman–Crippen MR) is 49.2 cm³/mol. The molecule has 1 aromatic rings. The summed E-state index contributed by atoms with van der Waals surface area (Å²) in [5, 5.41) is 0.784. The van der Waals surface area contributed by atoms with Crippen molar-refractivity contribution >= 4 is 5.91 Å². The van der Waals surface area contributed by atoms with Gasteiger partial charge in [-0.05, 0) is 19.1 Å². The Labute approximate surface area is 82.2 Å². The average Bonchev–Trinajstić information content (AvgIpc) is 2.20. The van der Waals surface area contributed by atoms with E-state index in [1.165, 1.54) is 20.4 Å². The zero-order valence-electron chi connectivity index (χ0n) is 8.35. The van der Waals surface area contributed by atoms with Crippen LogP contribution in [0.25, 0.3) is 0 Å². The van der Waals surface area contributed by atoms with Crippen molar-refractivity contribution < 1.29 is 14.5 Å². The van der Waals surface area contributed by atoms with Crippen LogP contribution in [-0.4, -0.2) is 30.3 Å². The summed E-state index contributed by atoms with van der Waals surface area (Å²) in [7, 11) is 2.70. The molecule has 1 heterocycles. The van der Waals surface area contributed by atoms with E-state index in [-0.39, 0.29) is 5.91 Å². The maximum Gasteiger partial charge on any atom is 0.305 e. The first-order valence-corrected chi connectivity index (χ1v) is 4.04. The molecule has 0 spiro atoms. The van der Waals surface area contributed by atoms with Gasteiger partial charge >= 0.3 is 5.91 Å². The Bertz CT molecular complexity index is 306. The van der Waals surface area contributed by atoms with Crippen LogP contribution in [-0.2, 0) is 9.68 Å². The molecule has 14 heavy (non-hydrogen) atoms. The SMILES string of the molecule is CON(OC)C(=O)c1ccc(C)nc1. The van der Waals surface area contributed by atoms with E-state index in [0.29, 0.717) is 5.56 Å². The highest BCUT2D eigenvalue weighted by Crippen LogP contribution is 2.04. The number of hydroxylamine groups is 2. The average molecular weight is 196 g/mol. The van der Waals surface area contributed by atoms with E-state index < -0.39 is 0 Å². The first-order chi connectivity index (χ1) is 6.69. The lowest BCUT2D eigenvalue weighted by Crippen LogP contribution is -2.28. The normalized spacial score (nSPS) is 9.93. The molecule has 0 aliphatic carbocycles. The molecule has 1 amide bonds. The molecule has 0 aliphatic heterocycles. The minimum Gasteiger partial charge on any atom is -0.264 e. The van der Waals surface area contributed by atoms with E-state index in [0.717, 1.165) is 10.9 Å². The van der Waals surface area contributed by atoms with Crippen molar-refractivity contribution in [2.45, 2.75) is 6.92 Å². The van der Waals surface area contributed by atoms with Gasteiger partial charge in [-0.3, -0.25) is 9.78 Å². The van der Waals surface area contributed by atoms with Gasteiger partial charge < -0.3 is 0 Å². The lowest BCUT2D eigenvalue weighted by Gasteiger charge is -2.15. The second kappa shape index (κ2) is 4.69. The number of pyridine rings is 1. The zero-order chi connectivity index (χ0) is 10.6. The van der Waals surface area contributed by atoms with Crippen LogP contribution in [0.2, 0.25) is 0 Å². The quantitative estimate of drug-likeness (QED) is 0.675. The summed E-state index contributed by atoms with van der Waals surface area (Å²) in [5.74, 6) is -0.387. The fraction of sp³-hybridized carbons (Fsp3) is 0.333. The molecule has 0 saturated heterocycles. The number of hydrogen-bond donors (Lipinski definition) is 0. The van der Waals surface area contributed by atoms with Crippen LogP contribution in [0.1, 0.15) is 16.1 Å². The molecule has 0 radical (unpaired) electrons. The lowest BCUT2D eigenvalue weighted by atomic mass is 10.2. The summed E-state index contributed by atoms with van der Waals surface area (Å²) >= 11 is 0. The fourth-order valence-corrected chi connectivity index (χ4v) is 0.940. The van der Waals surface area contributed by atoms with Gasteiger partial charge in [-0.1, -0.05) is 5.23 Å². The van der Waals surface area contributed by atoms with Crippen LogP contribution in [0.5, 0.6) is 0 Å². The van der Waals surface area contributed by atoms with Crippen LogP contribution < -0.4 is 0 Å². The Hall–Kier alpha value is -1.46. The smallest absolute Gasteiger partial charge is 0.264 e. The molecule has 0 atom stereocenters. The topological polar surface area (TPSA) is 51.7 Å². The number of hydrogen-bond acceptors (Lipinski definition) is 4. The van der Waals surface area contributed by atoms with E-state index in [1.54, 1.807) is 12.1 Å². The third kappa shape index (κ3) is 2.27. The highest BCUT2D eigenvalue weighted by atomic mass is 16.9. The van der Waals surface area contributed by atoms with E-state index in [1.807, 2.05) is 6.92 Å². The van der Waals surface area contributed by atoms with E-state index in [9.17, 15) is 4.79 Å². The molecule has 0 saturated carbocycles. The molecule has 0 N–H and O–H groups in total. The van der Waals surface area contributed by atoms with Gasteiger partial charge in [0, 0.05) is 11.9 Å². The van der Waals surface area contributed by atoms with Gasteiger partial charge in [-0.25, -0.2) is 9.68 Å². The molecule has 0 aromatic carbocycles. The largest absolute Gasteiger partial charge is 0.305 e. The van der Waals surface area contributed by atoms with Crippen molar-refractivity contribution in [3.63, 3.8) is 0 Å².